The molecule has 0 aliphatic heterocycles. The third kappa shape index (κ3) is 4.83. The number of phenolic OH excluding ortho intramolecular Hbond substituents is 1. The fourth-order valence-corrected chi connectivity index (χ4v) is 4.48. The summed E-state index contributed by atoms with van der Waals surface area (Å²) in [6.45, 7) is 0.642. The third-order valence-corrected chi connectivity index (χ3v) is 6.55. The van der Waals surface area contributed by atoms with Gasteiger partial charge < -0.3 is 9.84 Å². The molecule has 0 unspecified atom stereocenters. The molecule has 1 N–H and O–H groups in total. The maximum Gasteiger partial charge on any atom is 0.115 e. The monoisotopic (exact) mass is 412 g/mol. The molecule has 0 saturated carbocycles. The lowest BCUT2D eigenvalue weighted by Gasteiger charge is -2.11. The molecule has 0 heterocycles. The van der Waals surface area contributed by atoms with Gasteiger partial charge in [-0.05, 0) is 40.8 Å². The van der Waals surface area contributed by atoms with Crippen molar-refractivity contribution >= 4 is 28.8 Å². The van der Waals surface area contributed by atoms with Gasteiger partial charge in [0.25, 0.3) is 0 Å². The highest BCUT2D eigenvalue weighted by Gasteiger charge is 2.07. The van der Waals surface area contributed by atoms with E-state index in [-0.39, 0.29) is 7.02 Å². The molecular weight excluding hydrogens is 391 g/mol. The topological polar surface area (TPSA) is 29.5 Å². The molecule has 2 nitrogen and oxygen atoms in total. The molecule has 0 fully saturated rings. The summed E-state index contributed by atoms with van der Waals surface area (Å²) in [7, 11) is 1.81. The first kappa shape index (κ1) is 16.5. The summed E-state index contributed by atoms with van der Waals surface area (Å²) < 4.78 is 5.15. The number of hydrogen-bond donors (Lipinski definition) is 1. The van der Waals surface area contributed by atoms with Crippen molar-refractivity contribution in [1.29, 1.82) is 0 Å². The Kier molecular flexibility index (Phi) is 6.73. The molecule has 112 valence electrons. The fourth-order valence-electron chi connectivity index (χ4n) is 2.43. The quantitative estimate of drug-likeness (QED) is 0.322. The van der Waals surface area contributed by atoms with E-state index < -0.39 is 0 Å². The molecule has 0 aromatic heterocycles. The van der Waals surface area contributed by atoms with Crippen molar-refractivity contribution in [3.8, 4) is 16.9 Å². The Hall–Kier alpha value is -0.853. The molecule has 2 rings (SSSR count). The van der Waals surface area contributed by atoms with Crippen LogP contribution in [-0.2, 0) is 17.8 Å². The van der Waals surface area contributed by atoms with Crippen LogP contribution in [0.5, 0.6) is 5.75 Å². The molecule has 2 aromatic carbocycles. The number of ether oxygens (including phenoxy) is 1. The average molecular weight is 412 g/mol. The van der Waals surface area contributed by atoms with Crippen molar-refractivity contribution in [2.75, 3.05) is 7.11 Å². The molecule has 0 bridgehead atoms. The summed E-state index contributed by atoms with van der Waals surface area (Å²) in [6.07, 6.45) is 2.26. The minimum absolute atomic E-state index is 0.0956. The Morgan fingerprint density at radius 3 is 2.57 bits per heavy atom. The second kappa shape index (κ2) is 8.56. The standard InChI is InChI=1S/C17H21IO2Si/c1-20-12-13-4-6-14(7-5-13)17-9-8-16(19)11-15(17)3-2-10-21-18/h4-9,11,19H,2-3,10,12,21H2,1H3. The number of hydrogen-bond acceptors (Lipinski definition) is 2. The first-order chi connectivity index (χ1) is 10.2. The number of aromatic hydroxyl groups is 1. The van der Waals surface area contributed by atoms with Crippen LogP contribution in [0.15, 0.2) is 42.5 Å². The van der Waals surface area contributed by atoms with Crippen LogP contribution < -0.4 is 0 Å². The normalized spacial score (nSPS) is 11.3. The van der Waals surface area contributed by atoms with E-state index in [2.05, 4.69) is 46.1 Å². The summed E-state index contributed by atoms with van der Waals surface area (Å²) in [5.74, 6) is 0.358. The van der Waals surface area contributed by atoms with Gasteiger partial charge >= 0.3 is 0 Å². The van der Waals surface area contributed by atoms with Gasteiger partial charge in [-0.3, -0.25) is 0 Å². The lowest BCUT2D eigenvalue weighted by molar-refractivity contribution is 0.185. The maximum absolute atomic E-state index is 9.75. The van der Waals surface area contributed by atoms with E-state index in [1.165, 1.54) is 34.7 Å². The van der Waals surface area contributed by atoms with E-state index in [9.17, 15) is 5.11 Å². The van der Waals surface area contributed by atoms with Crippen LogP contribution in [0.3, 0.4) is 0 Å². The molecule has 0 aliphatic carbocycles. The fraction of sp³-hybridized carbons (Fsp3) is 0.294. The second-order valence-corrected chi connectivity index (χ2v) is 9.44. The van der Waals surface area contributed by atoms with Crippen molar-refractivity contribution in [3.05, 3.63) is 53.6 Å². The van der Waals surface area contributed by atoms with E-state index in [0.717, 1.165) is 6.42 Å². The molecule has 0 atom stereocenters. The zero-order chi connectivity index (χ0) is 15.1. The van der Waals surface area contributed by atoms with Crippen LogP contribution in [0.2, 0.25) is 6.04 Å². The number of aryl methyl sites for hydroxylation is 1. The number of benzene rings is 2. The minimum Gasteiger partial charge on any atom is -0.508 e. The third-order valence-electron chi connectivity index (χ3n) is 3.49. The summed E-state index contributed by atoms with van der Waals surface area (Å²) in [5.41, 5.74) is 4.86. The number of halogens is 1. The van der Waals surface area contributed by atoms with Crippen molar-refractivity contribution in [1.82, 2.24) is 0 Å². The molecule has 21 heavy (non-hydrogen) atoms. The van der Waals surface area contributed by atoms with Crippen molar-refractivity contribution < 1.29 is 9.84 Å². The highest BCUT2D eigenvalue weighted by Crippen LogP contribution is 2.28. The second-order valence-electron chi connectivity index (χ2n) is 5.12. The first-order valence-electron chi connectivity index (χ1n) is 7.20. The summed E-state index contributed by atoms with van der Waals surface area (Å²) in [4.78, 5) is 0. The smallest absolute Gasteiger partial charge is 0.115 e. The van der Waals surface area contributed by atoms with Gasteiger partial charge in [0, 0.05) is 7.11 Å². The first-order valence-corrected chi connectivity index (χ1v) is 13.3. The van der Waals surface area contributed by atoms with Gasteiger partial charge in [0.2, 0.25) is 0 Å². The van der Waals surface area contributed by atoms with E-state index >= 15 is 0 Å². The molecular formula is C17H21IO2Si. The Bertz CT molecular complexity index is 570. The molecule has 4 heteroatoms. The predicted molar refractivity (Wildman–Crippen MR) is 99.9 cm³/mol. The molecule has 0 amide bonds. The largest absolute Gasteiger partial charge is 0.508 e. The Labute approximate surface area is 141 Å². The predicted octanol–water partition coefficient (Wildman–Crippen LogP) is 4.08. The van der Waals surface area contributed by atoms with Gasteiger partial charge in [-0.2, -0.15) is 0 Å². The van der Waals surface area contributed by atoms with Gasteiger partial charge in [-0.15, -0.1) is 21.8 Å². The van der Waals surface area contributed by atoms with Crippen molar-refractivity contribution in [3.63, 3.8) is 0 Å². The van der Waals surface area contributed by atoms with Crippen LogP contribution in [0.4, 0.5) is 0 Å². The molecule has 0 aliphatic rings. The van der Waals surface area contributed by atoms with E-state index in [0.29, 0.717) is 12.4 Å². The van der Waals surface area contributed by atoms with Gasteiger partial charge in [0.1, 0.15) is 5.75 Å². The lowest BCUT2D eigenvalue weighted by Crippen LogP contribution is -1.92. The van der Waals surface area contributed by atoms with E-state index in [1.54, 1.807) is 13.2 Å². The van der Waals surface area contributed by atoms with Crippen LogP contribution in [0, 0.1) is 0 Å². The maximum atomic E-state index is 9.75. The molecule has 0 radical (unpaired) electrons. The lowest BCUT2D eigenvalue weighted by atomic mass is 9.96. The van der Waals surface area contributed by atoms with Crippen molar-refractivity contribution in [2.45, 2.75) is 25.5 Å². The number of methoxy groups -OCH3 is 1. The Morgan fingerprint density at radius 2 is 1.90 bits per heavy atom. The van der Waals surface area contributed by atoms with Crippen LogP contribution in [-0.4, -0.2) is 19.2 Å². The summed E-state index contributed by atoms with van der Waals surface area (Å²) in [5, 5.41) is 9.75. The van der Waals surface area contributed by atoms with Crippen molar-refractivity contribution in [2.24, 2.45) is 0 Å². The van der Waals surface area contributed by atoms with Gasteiger partial charge in [0.15, 0.2) is 0 Å². The minimum atomic E-state index is 0.0956. The highest BCUT2D eigenvalue weighted by molar-refractivity contribution is 14.1. The highest BCUT2D eigenvalue weighted by atomic mass is 127. The van der Waals surface area contributed by atoms with Crippen LogP contribution in [0.25, 0.3) is 11.1 Å². The molecule has 0 spiro atoms. The number of rotatable bonds is 7. The average Bonchev–Trinajstić information content (AvgIpc) is 2.49. The van der Waals surface area contributed by atoms with E-state index in [4.69, 9.17) is 4.74 Å². The van der Waals surface area contributed by atoms with Gasteiger partial charge in [-0.1, -0.05) is 42.8 Å². The Morgan fingerprint density at radius 1 is 1.14 bits per heavy atom. The molecule has 2 aromatic rings. The number of phenols is 1. The van der Waals surface area contributed by atoms with Gasteiger partial charge in [0.05, 0.1) is 13.6 Å². The van der Waals surface area contributed by atoms with Gasteiger partial charge in [-0.25, -0.2) is 0 Å². The SMILES string of the molecule is COCc1ccc(-c2ccc(O)cc2CCC[SiH2]I)cc1. The van der Waals surface area contributed by atoms with Crippen LogP contribution in [0.1, 0.15) is 17.5 Å². The summed E-state index contributed by atoms with van der Waals surface area (Å²) in [6, 6.07) is 15.5. The zero-order valence-corrected chi connectivity index (χ0v) is 15.9. The van der Waals surface area contributed by atoms with E-state index in [1.807, 2.05) is 12.1 Å². The van der Waals surface area contributed by atoms with Crippen LogP contribution >= 0.6 is 21.8 Å². The Balaban J connectivity index is 2.24. The molecule has 0 saturated heterocycles. The zero-order valence-electron chi connectivity index (χ0n) is 12.3. The summed E-state index contributed by atoms with van der Waals surface area (Å²) >= 11 is 2.55.